The Labute approximate surface area is 241 Å². The van der Waals surface area contributed by atoms with E-state index in [-0.39, 0.29) is 6.54 Å². The molecule has 0 saturated heterocycles. The number of carbonyl (C=O) groups excluding carboxylic acids is 4. The number of unbranched alkanes of at least 4 members (excludes halogenated alkanes) is 2. The van der Waals surface area contributed by atoms with E-state index in [0.717, 1.165) is 24.0 Å². The normalized spacial score (nSPS) is 12.7. The van der Waals surface area contributed by atoms with Crippen LogP contribution in [0, 0.1) is 13.8 Å². The molecule has 40 heavy (non-hydrogen) atoms. The third-order valence-corrected chi connectivity index (χ3v) is 6.51. The predicted molar refractivity (Wildman–Crippen MR) is 157 cm³/mol. The average Bonchev–Trinajstić information content (AvgIpc) is 2.84. The van der Waals surface area contributed by atoms with Gasteiger partial charge in [-0.1, -0.05) is 67.8 Å². The molecule has 0 spiro atoms. The van der Waals surface area contributed by atoms with Gasteiger partial charge < -0.3 is 26.0 Å². The number of rotatable bonds is 12. The molecule has 218 valence electrons. The van der Waals surface area contributed by atoms with Gasteiger partial charge in [-0.3, -0.25) is 14.4 Å². The number of nitrogens with two attached hydrogens (primary N) is 1. The summed E-state index contributed by atoms with van der Waals surface area (Å²) < 4.78 is 5.33. The number of anilines is 1. The topological polar surface area (TPSA) is 131 Å². The number of primary amides is 1. The molecular weight excluding hydrogens is 532 g/mol. The van der Waals surface area contributed by atoms with Gasteiger partial charge in [0.05, 0.1) is 17.1 Å². The number of aryl methyl sites for hydroxylation is 2. The van der Waals surface area contributed by atoms with Crippen molar-refractivity contribution >= 4 is 41.1 Å². The first-order valence-corrected chi connectivity index (χ1v) is 13.8. The van der Waals surface area contributed by atoms with Crippen LogP contribution in [-0.2, 0) is 19.1 Å². The lowest BCUT2D eigenvalue weighted by molar-refractivity contribution is -0.142. The molecule has 0 aliphatic heterocycles. The SMILES string of the molecule is CCCCCN(C(=O)C(CC(N)=O)NC(=O)OC(C)(C)C)C(C(=O)Nc1c(C)cccc1Cl)c1ccccc1C. The number of benzene rings is 2. The highest BCUT2D eigenvalue weighted by Gasteiger charge is 2.37. The molecular formula is C30H41ClN4O5. The quantitative estimate of drug-likeness (QED) is 0.292. The van der Waals surface area contributed by atoms with E-state index >= 15 is 0 Å². The lowest BCUT2D eigenvalue weighted by Crippen LogP contribution is -2.53. The largest absolute Gasteiger partial charge is 0.444 e. The fourth-order valence-corrected chi connectivity index (χ4v) is 4.55. The number of nitrogens with zero attached hydrogens (tertiary/aromatic N) is 1. The van der Waals surface area contributed by atoms with Crippen LogP contribution in [0.15, 0.2) is 42.5 Å². The van der Waals surface area contributed by atoms with E-state index in [9.17, 15) is 19.2 Å². The fourth-order valence-electron chi connectivity index (χ4n) is 4.28. The Morgan fingerprint density at radius 2 is 1.65 bits per heavy atom. The zero-order valence-electron chi connectivity index (χ0n) is 24.2. The van der Waals surface area contributed by atoms with Crippen molar-refractivity contribution in [1.82, 2.24) is 10.2 Å². The minimum Gasteiger partial charge on any atom is -0.444 e. The van der Waals surface area contributed by atoms with Gasteiger partial charge >= 0.3 is 6.09 Å². The van der Waals surface area contributed by atoms with Crippen LogP contribution >= 0.6 is 11.6 Å². The van der Waals surface area contributed by atoms with Crippen LogP contribution in [0.3, 0.4) is 0 Å². The number of nitrogens with one attached hydrogen (secondary N) is 2. The van der Waals surface area contributed by atoms with Crippen LogP contribution in [0.2, 0.25) is 5.02 Å². The van der Waals surface area contributed by atoms with E-state index < -0.39 is 47.9 Å². The molecule has 0 bridgehead atoms. The van der Waals surface area contributed by atoms with Crippen molar-refractivity contribution in [1.29, 1.82) is 0 Å². The van der Waals surface area contributed by atoms with Crippen molar-refractivity contribution in [2.45, 2.75) is 84.9 Å². The minimum absolute atomic E-state index is 0.200. The Morgan fingerprint density at radius 1 is 1.00 bits per heavy atom. The molecule has 0 heterocycles. The Morgan fingerprint density at radius 3 is 2.23 bits per heavy atom. The number of halogens is 1. The summed E-state index contributed by atoms with van der Waals surface area (Å²) in [5, 5.41) is 5.77. The van der Waals surface area contributed by atoms with Crippen LogP contribution in [0.1, 0.15) is 76.1 Å². The summed E-state index contributed by atoms with van der Waals surface area (Å²) in [5.41, 5.74) is 7.22. The van der Waals surface area contributed by atoms with Crippen LogP contribution in [0.5, 0.6) is 0 Å². The van der Waals surface area contributed by atoms with Gasteiger partial charge in [0.25, 0.3) is 5.91 Å². The third kappa shape index (κ3) is 9.55. The molecule has 0 aliphatic rings. The third-order valence-electron chi connectivity index (χ3n) is 6.19. The molecule has 4 N–H and O–H groups in total. The number of hydrogen-bond acceptors (Lipinski definition) is 5. The van der Waals surface area contributed by atoms with Gasteiger partial charge in [0, 0.05) is 6.54 Å². The van der Waals surface area contributed by atoms with Crippen molar-refractivity contribution in [3.8, 4) is 0 Å². The molecule has 2 atom stereocenters. The number of amides is 4. The molecule has 9 nitrogen and oxygen atoms in total. The lowest BCUT2D eigenvalue weighted by Gasteiger charge is -2.35. The first kappa shape index (κ1) is 32.6. The van der Waals surface area contributed by atoms with E-state index in [1.54, 1.807) is 45.0 Å². The van der Waals surface area contributed by atoms with E-state index in [2.05, 4.69) is 10.6 Å². The number of para-hydroxylation sites is 1. The molecule has 2 aromatic carbocycles. The zero-order valence-corrected chi connectivity index (χ0v) is 24.9. The molecule has 4 amide bonds. The average molecular weight is 573 g/mol. The lowest BCUT2D eigenvalue weighted by atomic mass is 9.97. The summed E-state index contributed by atoms with van der Waals surface area (Å²) in [5.74, 6) is -1.89. The van der Waals surface area contributed by atoms with Gasteiger partial charge in [-0.25, -0.2) is 4.79 Å². The van der Waals surface area contributed by atoms with Gasteiger partial charge in [0.15, 0.2) is 0 Å². The number of hydrogen-bond donors (Lipinski definition) is 3. The zero-order chi connectivity index (χ0) is 30.0. The highest BCUT2D eigenvalue weighted by molar-refractivity contribution is 6.34. The molecule has 0 saturated carbocycles. The summed E-state index contributed by atoms with van der Waals surface area (Å²) in [4.78, 5) is 54.2. The van der Waals surface area contributed by atoms with Gasteiger partial charge in [0.2, 0.25) is 11.8 Å². The predicted octanol–water partition coefficient (Wildman–Crippen LogP) is 5.42. The highest BCUT2D eigenvalue weighted by Crippen LogP contribution is 2.31. The Balaban J connectivity index is 2.60. The van der Waals surface area contributed by atoms with Crippen molar-refractivity contribution < 1.29 is 23.9 Å². The maximum atomic E-state index is 14.1. The van der Waals surface area contributed by atoms with E-state index in [4.69, 9.17) is 22.1 Å². The molecule has 0 radical (unpaired) electrons. The van der Waals surface area contributed by atoms with Gasteiger partial charge in [-0.05, 0) is 63.8 Å². The van der Waals surface area contributed by atoms with Crippen LogP contribution in [0.4, 0.5) is 10.5 Å². The second-order valence-corrected chi connectivity index (χ2v) is 11.2. The molecule has 2 unspecified atom stereocenters. The van der Waals surface area contributed by atoms with E-state index in [0.29, 0.717) is 22.7 Å². The Kier molecular flexibility index (Phi) is 12.0. The minimum atomic E-state index is -1.34. The molecule has 2 aromatic rings. The van der Waals surface area contributed by atoms with E-state index in [1.165, 1.54) is 4.90 Å². The first-order chi connectivity index (χ1) is 18.7. The molecule has 2 rings (SSSR count). The van der Waals surface area contributed by atoms with Crippen LogP contribution in [-0.4, -0.2) is 46.9 Å². The van der Waals surface area contributed by atoms with Gasteiger partial charge in [-0.2, -0.15) is 0 Å². The summed E-state index contributed by atoms with van der Waals surface area (Å²) in [6.45, 7) is 11.0. The van der Waals surface area contributed by atoms with Gasteiger partial charge in [-0.15, -0.1) is 0 Å². The number of alkyl carbamates (subject to hydrolysis) is 1. The Bertz CT molecular complexity index is 1190. The molecule has 0 aromatic heterocycles. The monoisotopic (exact) mass is 572 g/mol. The fraction of sp³-hybridized carbons (Fsp3) is 0.467. The highest BCUT2D eigenvalue weighted by atomic mass is 35.5. The maximum Gasteiger partial charge on any atom is 0.408 e. The molecule has 0 fully saturated rings. The van der Waals surface area contributed by atoms with Crippen molar-refractivity contribution in [2.24, 2.45) is 5.73 Å². The molecule has 10 heteroatoms. The first-order valence-electron chi connectivity index (χ1n) is 13.4. The Hall–Kier alpha value is -3.59. The van der Waals surface area contributed by atoms with Crippen molar-refractivity contribution in [3.63, 3.8) is 0 Å². The second-order valence-electron chi connectivity index (χ2n) is 10.8. The summed E-state index contributed by atoms with van der Waals surface area (Å²) in [6.07, 6.45) is 0.940. The second kappa shape index (κ2) is 14.7. The van der Waals surface area contributed by atoms with Crippen LogP contribution < -0.4 is 16.4 Å². The van der Waals surface area contributed by atoms with Gasteiger partial charge in [0.1, 0.15) is 17.7 Å². The maximum absolute atomic E-state index is 14.1. The molecule has 0 aliphatic carbocycles. The smallest absolute Gasteiger partial charge is 0.408 e. The number of carbonyl (C=O) groups is 4. The summed E-state index contributed by atoms with van der Waals surface area (Å²) >= 11 is 6.41. The van der Waals surface area contributed by atoms with E-state index in [1.807, 2.05) is 39.0 Å². The summed E-state index contributed by atoms with van der Waals surface area (Å²) in [6, 6.07) is 10.1. The summed E-state index contributed by atoms with van der Waals surface area (Å²) in [7, 11) is 0. The standard InChI is InChI=1S/C30H41ClN4O5/c1-7-8-11-17-35(28(38)23(18-24(32)36)33-29(39)40-30(4,5)6)26(21-15-10-9-13-19(21)2)27(37)34-25-20(3)14-12-16-22(25)31/h9-10,12-16,23,26H,7-8,11,17-18H2,1-6H3,(H2,32,36)(H,33,39)(H,34,37). The number of ether oxygens (including phenoxy) is 1. The van der Waals surface area contributed by atoms with Crippen molar-refractivity contribution in [3.05, 3.63) is 64.2 Å². The van der Waals surface area contributed by atoms with Crippen LogP contribution in [0.25, 0.3) is 0 Å². The van der Waals surface area contributed by atoms with Crippen molar-refractivity contribution in [2.75, 3.05) is 11.9 Å².